The summed E-state index contributed by atoms with van der Waals surface area (Å²) in [5.74, 6) is 2.12. The Hall–Kier alpha value is -1.36. The van der Waals surface area contributed by atoms with Crippen LogP contribution in [-0.4, -0.2) is 34.2 Å². The van der Waals surface area contributed by atoms with Crippen LogP contribution in [0.2, 0.25) is 5.02 Å². The quantitative estimate of drug-likeness (QED) is 0.875. The second-order valence-corrected chi connectivity index (χ2v) is 7.55. The number of likely N-dealkylation sites (N-methyl/N-ethyl adjacent to an activating group) is 1. The van der Waals surface area contributed by atoms with Gasteiger partial charge in [0, 0.05) is 16.1 Å². The summed E-state index contributed by atoms with van der Waals surface area (Å²) in [6, 6.07) is 7.59. The van der Waals surface area contributed by atoms with Gasteiger partial charge < -0.3 is 9.52 Å². The van der Waals surface area contributed by atoms with Gasteiger partial charge in [0.15, 0.2) is 5.76 Å². The second-order valence-electron chi connectivity index (χ2n) is 7.12. The van der Waals surface area contributed by atoms with E-state index in [2.05, 4.69) is 23.9 Å². The number of aliphatic hydroxyl groups excluding tert-OH is 1. The zero-order valence-electron chi connectivity index (χ0n) is 14.6. The standard InChI is InChI=1S/C19H25ClN2O2/c1-13-8-9-19(10-13,12-23)22(3)11-17-21-14(2)18(24-17)15-4-6-16(20)7-5-15/h4-7,13,23H,8-12H2,1-3H3/t13-,19-/m0/s1. The van der Waals surface area contributed by atoms with Crippen LogP contribution in [0.15, 0.2) is 28.7 Å². The number of aliphatic hydroxyl groups is 1. The van der Waals surface area contributed by atoms with Gasteiger partial charge >= 0.3 is 0 Å². The number of benzene rings is 1. The summed E-state index contributed by atoms with van der Waals surface area (Å²) in [5.41, 5.74) is 1.70. The molecule has 2 atom stereocenters. The maximum atomic E-state index is 9.94. The molecule has 0 unspecified atom stereocenters. The van der Waals surface area contributed by atoms with Crippen molar-refractivity contribution in [3.63, 3.8) is 0 Å². The van der Waals surface area contributed by atoms with Crippen LogP contribution in [0.4, 0.5) is 0 Å². The summed E-state index contributed by atoms with van der Waals surface area (Å²) in [6.45, 7) is 4.98. The number of aryl methyl sites for hydroxylation is 1. The van der Waals surface area contributed by atoms with Crippen LogP contribution in [0, 0.1) is 12.8 Å². The zero-order valence-corrected chi connectivity index (χ0v) is 15.3. The largest absolute Gasteiger partial charge is 0.439 e. The maximum absolute atomic E-state index is 9.94. The third-order valence-electron chi connectivity index (χ3n) is 5.25. The third kappa shape index (κ3) is 3.37. The Morgan fingerprint density at radius 3 is 2.67 bits per heavy atom. The molecular formula is C19H25ClN2O2. The van der Waals surface area contributed by atoms with E-state index in [4.69, 9.17) is 16.0 Å². The van der Waals surface area contributed by atoms with Crippen LogP contribution in [0.25, 0.3) is 11.3 Å². The molecule has 0 saturated heterocycles. The van der Waals surface area contributed by atoms with Gasteiger partial charge in [0.25, 0.3) is 0 Å². The van der Waals surface area contributed by atoms with Crippen LogP contribution in [0.1, 0.15) is 37.8 Å². The Balaban J connectivity index is 1.79. The van der Waals surface area contributed by atoms with Gasteiger partial charge in [-0.05, 0) is 63.4 Å². The number of oxazole rings is 1. The van der Waals surface area contributed by atoms with Crippen LogP contribution in [0.3, 0.4) is 0 Å². The molecule has 1 N–H and O–H groups in total. The van der Waals surface area contributed by atoms with E-state index < -0.39 is 0 Å². The summed E-state index contributed by atoms with van der Waals surface area (Å²) >= 11 is 5.95. The minimum Gasteiger partial charge on any atom is -0.439 e. The topological polar surface area (TPSA) is 49.5 Å². The number of hydrogen-bond acceptors (Lipinski definition) is 4. The molecule has 5 heteroatoms. The molecule has 4 nitrogen and oxygen atoms in total. The minimum absolute atomic E-state index is 0.151. The molecule has 0 bridgehead atoms. The van der Waals surface area contributed by atoms with Crippen molar-refractivity contribution in [3.8, 4) is 11.3 Å². The van der Waals surface area contributed by atoms with Crippen molar-refractivity contribution < 1.29 is 9.52 Å². The number of aromatic nitrogens is 1. The summed E-state index contributed by atoms with van der Waals surface area (Å²) in [7, 11) is 2.05. The van der Waals surface area contributed by atoms with Crippen LogP contribution in [0.5, 0.6) is 0 Å². The molecule has 1 aromatic heterocycles. The van der Waals surface area contributed by atoms with Gasteiger partial charge in [-0.1, -0.05) is 18.5 Å². The van der Waals surface area contributed by atoms with E-state index >= 15 is 0 Å². The number of nitrogens with zero attached hydrogens (tertiary/aromatic N) is 2. The molecule has 24 heavy (non-hydrogen) atoms. The Kier molecular flexibility index (Phi) is 5.00. The molecule has 1 aliphatic carbocycles. The molecule has 1 heterocycles. The lowest BCUT2D eigenvalue weighted by molar-refractivity contribution is 0.0402. The molecule has 0 spiro atoms. The lowest BCUT2D eigenvalue weighted by atomic mass is 9.95. The lowest BCUT2D eigenvalue weighted by Crippen LogP contribution is -2.47. The Morgan fingerprint density at radius 1 is 1.38 bits per heavy atom. The fourth-order valence-electron chi connectivity index (χ4n) is 3.74. The van der Waals surface area contributed by atoms with E-state index in [0.717, 1.165) is 36.3 Å². The van der Waals surface area contributed by atoms with E-state index in [0.29, 0.717) is 23.4 Å². The SMILES string of the molecule is Cc1nc(CN(C)[C@@]2(CO)CC[C@H](C)C2)oc1-c1ccc(Cl)cc1. The van der Waals surface area contributed by atoms with Crippen molar-refractivity contribution in [1.29, 1.82) is 0 Å². The van der Waals surface area contributed by atoms with Gasteiger partial charge in [-0.15, -0.1) is 0 Å². The smallest absolute Gasteiger partial charge is 0.209 e. The molecule has 2 aromatic rings. The van der Waals surface area contributed by atoms with Crippen molar-refractivity contribution >= 4 is 11.6 Å². The molecular weight excluding hydrogens is 324 g/mol. The Labute approximate surface area is 148 Å². The molecule has 1 aromatic carbocycles. The normalized spacial score (nSPS) is 24.0. The molecule has 0 aliphatic heterocycles. The maximum Gasteiger partial charge on any atom is 0.209 e. The molecule has 130 valence electrons. The first-order chi connectivity index (χ1) is 11.4. The van der Waals surface area contributed by atoms with Crippen LogP contribution >= 0.6 is 11.6 Å². The van der Waals surface area contributed by atoms with E-state index in [1.54, 1.807) is 0 Å². The Bertz CT molecular complexity index is 698. The van der Waals surface area contributed by atoms with Crippen LogP contribution in [-0.2, 0) is 6.54 Å². The van der Waals surface area contributed by atoms with Crippen molar-refractivity contribution in [2.45, 2.75) is 45.2 Å². The van der Waals surface area contributed by atoms with Gasteiger partial charge in [-0.25, -0.2) is 4.98 Å². The monoisotopic (exact) mass is 348 g/mol. The summed E-state index contributed by atoms with van der Waals surface area (Å²) < 4.78 is 6.01. The molecule has 0 amide bonds. The third-order valence-corrected chi connectivity index (χ3v) is 5.51. The molecule has 1 aliphatic rings. The first-order valence-corrected chi connectivity index (χ1v) is 8.86. The van der Waals surface area contributed by atoms with Gasteiger partial charge in [0.1, 0.15) is 0 Å². The predicted molar refractivity (Wildman–Crippen MR) is 96.0 cm³/mol. The number of hydrogen-bond donors (Lipinski definition) is 1. The Morgan fingerprint density at radius 2 is 2.08 bits per heavy atom. The highest BCUT2D eigenvalue weighted by Crippen LogP contribution is 2.39. The van der Waals surface area contributed by atoms with E-state index in [-0.39, 0.29) is 12.1 Å². The highest BCUT2D eigenvalue weighted by Gasteiger charge is 2.40. The van der Waals surface area contributed by atoms with Gasteiger partial charge in [0.2, 0.25) is 5.89 Å². The molecule has 1 fully saturated rings. The molecule has 1 saturated carbocycles. The second kappa shape index (κ2) is 6.87. The summed E-state index contributed by atoms with van der Waals surface area (Å²) in [5, 5.41) is 10.6. The van der Waals surface area contributed by atoms with Crippen molar-refractivity contribution in [1.82, 2.24) is 9.88 Å². The fourth-order valence-corrected chi connectivity index (χ4v) is 3.86. The van der Waals surface area contributed by atoms with Gasteiger partial charge in [-0.3, -0.25) is 4.90 Å². The highest BCUT2D eigenvalue weighted by atomic mass is 35.5. The van der Waals surface area contributed by atoms with Crippen molar-refractivity contribution in [2.75, 3.05) is 13.7 Å². The first-order valence-electron chi connectivity index (χ1n) is 8.48. The molecule has 3 rings (SSSR count). The zero-order chi connectivity index (χ0) is 17.3. The van der Waals surface area contributed by atoms with E-state index in [1.165, 1.54) is 0 Å². The minimum atomic E-state index is -0.151. The van der Waals surface area contributed by atoms with Crippen molar-refractivity contribution in [3.05, 3.63) is 40.9 Å². The molecule has 0 radical (unpaired) electrons. The number of halogens is 1. The predicted octanol–water partition coefficient (Wildman–Crippen LogP) is 4.29. The summed E-state index contributed by atoms with van der Waals surface area (Å²) in [6.07, 6.45) is 3.19. The lowest BCUT2D eigenvalue weighted by Gasteiger charge is -2.36. The average Bonchev–Trinajstić information content (AvgIpc) is 3.12. The van der Waals surface area contributed by atoms with Crippen molar-refractivity contribution in [2.24, 2.45) is 5.92 Å². The first kappa shape index (κ1) is 17.5. The fraction of sp³-hybridized carbons (Fsp3) is 0.526. The van der Waals surface area contributed by atoms with Gasteiger partial charge in [0.05, 0.1) is 18.8 Å². The van der Waals surface area contributed by atoms with Gasteiger partial charge in [-0.2, -0.15) is 0 Å². The number of rotatable bonds is 5. The van der Waals surface area contributed by atoms with E-state index in [9.17, 15) is 5.11 Å². The highest BCUT2D eigenvalue weighted by molar-refractivity contribution is 6.30. The average molecular weight is 349 g/mol. The van der Waals surface area contributed by atoms with E-state index in [1.807, 2.05) is 31.2 Å². The summed E-state index contributed by atoms with van der Waals surface area (Å²) in [4.78, 5) is 6.78. The van der Waals surface area contributed by atoms with Crippen LogP contribution < -0.4 is 0 Å².